The predicted molar refractivity (Wildman–Crippen MR) is 552 cm³/mol. The summed E-state index contributed by atoms with van der Waals surface area (Å²) in [7, 11) is -6.28. The molecular formula is C106H152Cl5F7N8O10S2. The number of piperazine rings is 2. The molecule has 0 aliphatic carbocycles. The molecule has 0 bridgehead atoms. The summed E-state index contributed by atoms with van der Waals surface area (Å²) in [6.45, 7) is 57.2. The molecule has 4 aliphatic heterocycles. The van der Waals surface area contributed by atoms with E-state index in [1.807, 2.05) is 184 Å². The van der Waals surface area contributed by atoms with Gasteiger partial charge in [0.2, 0.25) is 20.0 Å². The van der Waals surface area contributed by atoms with Crippen LogP contribution in [0.15, 0.2) is 158 Å². The summed E-state index contributed by atoms with van der Waals surface area (Å²) in [5.41, 5.74) is 7.22. The number of nitrogens with one attached hydrogen (secondary N) is 2. The van der Waals surface area contributed by atoms with Gasteiger partial charge < -0.3 is 29.9 Å². The number of ketones is 4. The number of halogens is 12. The molecule has 0 aromatic heterocycles. The third kappa shape index (κ3) is 42.9. The average Bonchev–Trinajstić information content (AvgIpc) is 0.821. The van der Waals surface area contributed by atoms with Crippen molar-refractivity contribution in [1.29, 1.82) is 0 Å². The number of rotatable bonds is 38. The van der Waals surface area contributed by atoms with Crippen LogP contribution in [-0.2, 0) is 39.2 Å². The zero-order chi connectivity index (χ0) is 104. The second-order valence-electron chi connectivity index (χ2n) is 39.0. The minimum absolute atomic E-state index is 0.0320. The molecule has 0 saturated carbocycles. The molecule has 10 rings (SSSR count). The van der Waals surface area contributed by atoms with Gasteiger partial charge in [0.15, 0.2) is 11.6 Å². The van der Waals surface area contributed by atoms with Crippen molar-refractivity contribution in [1.82, 2.24) is 38.8 Å². The van der Waals surface area contributed by atoms with Crippen LogP contribution in [0.5, 0.6) is 11.5 Å². The summed E-state index contributed by atoms with van der Waals surface area (Å²) in [6.07, 6.45) is 0.395. The van der Waals surface area contributed by atoms with Gasteiger partial charge in [0.1, 0.15) is 28.9 Å². The average molecular weight is 2070 g/mol. The zero-order valence-corrected chi connectivity index (χ0v) is 89.9. The number of hydrogen-bond donors (Lipinski definition) is 2. The number of ether oxygens (including phenoxy) is 2. The third-order valence-electron chi connectivity index (χ3n) is 25.7. The number of Topliss-reactive ketones (excluding diaryl/α,β-unsaturated/α-hetero) is 4. The Kier molecular flexibility index (Phi) is 51.8. The van der Waals surface area contributed by atoms with Crippen molar-refractivity contribution in [2.45, 2.75) is 223 Å². The summed E-state index contributed by atoms with van der Waals surface area (Å²) in [6, 6.07) is 38.9. The number of sulfonamides is 2. The lowest BCUT2D eigenvalue weighted by molar-refractivity contribution is -0.276. The van der Waals surface area contributed by atoms with Crippen LogP contribution in [0.3, 0.4) is 0 Å². The van der Waals surface area contributed by atoms with Gasteiger partial charge in [-0.25, -0.2) is 21.2 Å². The highest BCUT2D eigenvalue weighted by atomic mass is 35.5. The van der Waals surface area contributed by atoms with E-state index in [0.29, 0.717) is 111 Å². The first-order chi connectivity index (χ1) is 64.4. The Bertz CT molecular complexity index is 4760. The number of nitrogens with zero attached hydrogens (tertiary/aromatic N) is 6. The molecule has 4 fully saturated rings. The fourth-order valence-electron chi connectivity index (χ4n) is 16.8. The molecule has 772 valence electrons. The van der Waals surface area contributed by atoms with Crippen molar-refractivity contribution >= 4 is 101 Å². The second-order valence-corrected chi connectivity index (χ2v) is 45.2. The zero-order valence-electron chi connectivity index (χ0n) is 84.4. The van der Waals surface area contributed by atoms with Crippen molar-refractivity contribution in [3.8, 4) is 11.5 Å². The summed E-state index contributed by atoms with van der Waals surface area (Å²) >= 11 is 29.7. The fraction of sp³-hybridized carbons (Fsp3) is 0.585. The summed E-state index contributed by atoms with van der Waals surface area (Å²) in [5, 5.41) is 9.24. The van der Waals surface area contributed by atoms with Crippen molar-refractivity contribution in [3.05, 3.63) is 222 Å². The summed E-state index contributed by atoms with van der Waals surface area (Å²) < 4.78 is 145. The molecule has 2 N–H and O–H groups in total. The van der Waals surface area contributed by atoms with Crippen molar-refractivity contribution < 1.29 is 76.2 Å². The Labute approximate surface area is 845 Å². The van der Waals surface area contributed by atoms with Gasteiger partial charge in [-0.1, -0.05) is 280 Å². The van der Waals surface area contributed by atoms with E-state index in [1.54, 1.807) is 30.3 Å². The maximum absolute atomic E-state index is 13.9. The molecule has 6 atom stereocenters. The normalized spacial score (nSPS) is 16.9. The molecule has 18 nitrogen and oxygen atoms in total. The molecule has 4 saturated heterocycles. The standard InChI is InChI=1S/2C19H28ClNO.C17H23ClF3NO.2C17H25ClN2O3S.C17H23F4NO/c2*1-4-15-9-11-21(12-10-15)13-18(19(22)14(2)3)16-5-7-17(20)8-6-16;1-10(2)12(5)14(9-22-11(3)4)13-6-7-15(18)16(8-13)23-17(19,20)21;2*1-13(2)17(21)16(14-4-6-15(18)7-5-14)12-19-8-10-20(11-9-19)24(3,22)23;1-10(2)12(5)14(9-22-11(3)4)13-6-7-16(15(18)8-13)23-17(19,20)21/h2*5-8,14-15,18H,4,9-13H2,1-3H3;6-8,10-11,14,22H,5,9H2,1-4H3;2*4-7,13,16H,8-12H2,1-3H3;6-8,10-11,14,22H,5,9H2,1-4H3/t2*18-;14-;2*16-;14-/m100100/s1. The quantitative estimate of drug-likeness (QED) is 0.0274. The smallest absolute Gasteiger partial charge is 0.404 e. The molecule has 4 aliphatic rings. The van der Waals surface area contributed by atoms with Crippen molar-refractivity contribution in [3.63, 3.8) is 0 Å². The molecule has 0 unspecified atom stereocenters. The number of hydrogen-bond acceptors (Lipinski definition) is 16. The van der Waals surface area contributed by atoms with E-state index >= 15 is 0 Å². The van der Waals surface area contributed by atoms with E-state index in [0.717, 1.165) is 107 Å². The minimum atomic E-state index is -4.91. The maximum atomic E-state index is 13.9. The highest BCUT2D eigenvalue weighted by molar-refractivity contribution is 7.88. The van der Waals surface area contributed by atoms with E-state index in [1.165, 1.54) is 77.8 Å². The van der Waals surface area contributed by atoms with E-state index < -0.39 is 44.3 Å². The van der Waals surface area contributed by atoms with Crippen LogP contribution in [0.1, 0.15) is 232 Å². The Morgan fingerprint density at radius 3 is 0.841 bits per heavy atom. The first kappa shape index (κ1) is 122. The SMILES string of the molecule is C=C(C(C)C)[C@H](CNC(C)C)c1ccc(Cl)c(OC(F)(F)F)c1.C=C(C(C)C)[C@H](CNC(C)C)c1ccc(OC(F)(F)F)c(F)c1.CC(C)C(=O)[C@@H](CN1CCN(S(C)(=O)=O)CC1)c1ccc(Cl)cc1.CC(C)C(=O)[C@H](CN1CCN(S(C)(=O)=O)CC1)c1ccc(Cl)cc1.CCC1CCN(C[C@@H](C(=O)C(C)C)c2ccc(Cl)cc2)CC1.CCC1CCN(C[C@H](C(=O)C(C)C)c2ccc(Cl)cc2)CC1. The molecule has 32 heteroatoms. The van der Waals surface area contributed by atoms with Gasteiger partial charge in [0.05, 0.1) is 41.2 Å². The number of piperidine rings is 2. The third-order valence-corrected chi connectivity index (χ3v) is 29.6. The lowest BCUT2D eigenvalue weighted by Crippen LogP contribution is -2.49. The number of benzene rings is 6. The van der Waals surface area contributed by atoms with E-state index in [4.69, 9.17) is 58.0 Å². The molecule has 6 aromatic rings. The van der Waals surface area contributed by atoms with Gasteiger partial charge >= 0.3 is 12.7 Å². The van der Waals surface area contributed by atoms with Gasteiger partial charge in [-0.05, 0) is 182 Å². The van der Waals surface area contributed by atoms with Crippen LogP contribution in [0.4, 0.5) is 30.7 Å². The molecule has 0 spiro atoms. The number of alkyl halides is 6. The number of carbonyl (C=O) groups is 4. The fourth-order valence-corrected chi connectivity index (χ4v) is 19.1. The highest BCUT2D eigenvalue weighted by Gasteiger charge is 2.38. The number of carbonyl (C=O) groups excluding carboxylic acids is 4. The number of likely N-dealkylation sites (tertiary alicyclic amines) is 2. The lowest BCUT2D eigenvalue weighted by Gasteiger charge is -2.35. The van der Waals surface area contributed by atoms with Crippen LogP contribution in [0, 0.1) is 53.2 Å². The van der Waals surface area contributed by atoms with Gasteiger partial charge in [-0.15, -0.1) is 26.3 Å². The minimum Gasteiger partial charge on any atom is -0.404 e. The maximum Gasteiger partial charge on any atom is 0.573 e. The monoisotopic (exact) mass is 2070 g/mol. The Morgan fingerprint density at radius 2 is 0.609 bits per heavy atom. The molecule has 138 heavy (non-hydrogen) atoms. The topological polar surface area (TPSA) is 199 Å². The van der Waals surface area contributed by atoms with Crippen LogP contribution < -0.4 is 20.1 Å². The summed E-state index contributed by atoms with van der Waals surface area (Å²) in [5.74, 6) is 0.138. The van der Waals surface area contributed by atoms with Gasteiger partial charge in [0, 0.05) is 159 Å². The molecular weight excluding hydrogens is 1920 g/mol. The van der Waals surface area contributed by atoms with Crippen LogP contribution in [-0.4, -0.2) is 223 Å². The second kappa shape index (κ2) is 58.5. The largest absolute Gasteiger partial charge is 0.573 e. The molecule has 0 radical (unpaired) electrons. The molecule has 6 aromatic carbocycles. The lowest BCUT2D eigenvalue weighted by atomic mass is 9.85. The van der Waals surface area contributed by atoms with Crippen molar-refractivity contribution in [2.75, 3.05) is 130 Å². The first-order valence-corrected chi connectivity index (χ1v) is 53.9. The van der Waals surface area contributed by atoms with Gasteiger partial charge in [0.25, 0.3) is 0 Å². The van der Waals surface area contributed by atoms with Crippen LogP contribution >= 0.6 is 58.0 Å². The Hall–Kier alpha value is -6.38. The molecule has 0 amide bonds. The van der Waals surface area contributed by atoms with Crippen LogP contribution in [0.2, 0.25) is 25.1 Å². The Morgan fingerprint density at radius 1 is 0.362 bits per heavy atom. The van der Waals surface area contributed by atoms with Gasteiger partial charge in [-0.2, -0.15) is 8.61 Å². The van der Waals surface area contributed by atoms with E-state index in [2.05, 4.69) is 66.7 Å². The summed E-state index contributed by atoms with van der Waals surface area (Å²) in [4.78, 5) is 59.9. The van der Waals surface area contributed by atoms with E-state index in [-0.39, 0.29) is 105 Å². The highest BCUT2D eigenvalue weighted by Crippen LogP contribution is 2.39. The van der Waals surface area contributed by atoms with Gasteiger partial charge in [-0.3, -0.25) is 29.0 Å². The predicted octanol–water partition coefficient (Wildman–Crippen LogP) is 24.5. The Balaban J connectivity index is 0.000000292. The van der Waals surface area contributed by atoms with Crippen molar-refractivity contribution in [2.24, 2.45) is 47.3 Å². The first-order valence-electron chi connectivity index (χ1n) is 48.3. The molecule has 4 heterocycles. The van der Waals surface area contributed by atoms with E-state index in [9.17, 15) is 66.7 Å². The van der Waals surface area contributed by atoms with Crippen LogP contribution in [0.25, 0.3) is 0 Å².